The van der Waals surface area contributed by atoms with Crippen molar-refractivity contribution in [2.24, 2.45) is 0 Å². The molecule has 7 nitrogen and oxygen atoms in total. The Hall–Kier alpha value is -1.93. The van der Waals surface area contributed by atoms with Gasteiger partial charge in [0.25, 0.3) is 0 Å². The maximum absolute atomic E-state index is 11.1. The Morgan fingerprint density at radius 1 is 1.12 bits per heavy atom. The van der Waals surface area contributed by atoms with E-state index in [1.165, 1.54) is 12.1 Å². The van der Waals surface area contributed by atoms with Gasteiger partial charge in [0.1, 0.15) is 5.75 Å². The summed E-state index contributed by atoms with van der Waals surface area (Å²) < 4.78 is 31.8. The molecule has 1 rings (SSSR count). The minimum absolute atomic E-state index is 0.108. The fourth-order valence-electron chi connectivity index (χ4n) is 0.813. The van der Waals surface area contributed by atoms with E-state index in [2.05, 4.69) is 8.92 Å². The molecule has 0 atom stereocenters. The quantitative estimate of drug-likeness (QED) is 0.450. The number of hydrogen-bond donors (Lipinski definition) is 1. The smallest absolute Gasteiger partial charge is 0.418 e. The lowest BCUT2D eigenvalue weighted by Gasteiger charge is -2.04. The highest BCUT2D eigenvalue weighted by molar-refractivity contribution is 7.85. The monoisotopic (exact) mass is 259 g/mol. The summed E-state index contributed by atoms with van der Waals surface area (Å²) in [5.41, 5.74) is 0. The van der Waals surface area contributed by atoms with Crippen LogP contribution in [-0.4, -0.2) is 27.4 Å². The zero-order chi connectivity index (χ0) is 12.9. The summed E-state index contributed by atoms with van der Waals surface area (Å²) in [5, 5.41) is 0. The molecule has 1 aromatic carbocycles. The highest BCUT2D eigenvalue weighted by atomic mass is 32.2. The van der Waals surface area contributed by atoms with Crippen LogP contribution in [0.1, 0.15) is 0 Å². The van der Waals surface area contributed by atoms with Crippen molar-refractivity contribution in [2.75, 3.05) is 7.05 Å². The van der Waals surface area contributed by atoms with Crippen LogP contribution in [0.15, 0.2) is 30.3 Å². The maximum atomic E-state index is 11.1. The molecule has 0 aliphatic rings. The van der Waals surface area contributed by atoms with Crippen molar-refractivity contribution < 1.29 is 26.9 Å². The van der Waals surface area contributed by atoms with E-state index in [0.29, 0.717) is 0 Å². The summed E-state index contributed by atoms with van der Waals surface area (Å²) in [4.78, 5) is 22.1. The second-order valence-electron chi connectivity index (χ2n) is 2.73. The molecule has 0 spiro atoms. The summed E-state index contributed by atoms with van der Waals surface area (Å²) in [6, 6.07) is 7.70. The molecule has 0 aliphatic heterocycles. The van der Waals surface area contributed by atoms with Crippen molar-refractivity contribution in [2.45, 2.75) is 0 Å². The van der Waals surface area contributed by atoms with Crippen molar-refractivity contribution in [1.29, 1.82) is 0 Å². The lowest BCUT2D eigenvalue weighted by Crippen LogP contribution is -2.30. The summed E-state index contributed by atoms with van der Waals surface area (Å²) in [6.07, 6.45) is 0. The van der Waals surface area contributed by atoms with Crippen LogP contribution in [0.25, 0.3) is 0 Å². The molecule has 17 heavy (non-hydrogen) atoms. The lowest BCUT2D eigenvalue weighted by atomic mass is 10.3. The number of ether oxygens (including phenoxy) is 1. The highest BCUT2D eigenvalue weighted by Crippen LogP contribution is 2.08. The van der Waals surface area contributed by atoms with Gasteiger partial charge in [0.15, 0.2) is 0 Å². The molecular formula is C9H9NO6S. The molecular weight excluding hydrogens is 250 g/mol. The van der Waals surface area contributed by atoms with E-state index in [4.69, 9.17) is 0 Å². The van der Waals surface area contributed by atoms with E-state index in [1.54, 1.807) is 22.9 Å². The van der Waals surface area contributed by atoms with Gasteiger partial charge < -0.3 is 8.92 Å². The Kier molecular flexibility index (Phi) is 4.18. The van der Waals surface area contributed by atoms with Gasteiger partial charge in [-0.3, -0.25) is 0 Å². The van der Waals surface area contributed by atoms with Crippen molar-refractivity contribution in [3.63, 3.8) is 0 Å². The van der Waals surface area contributed by atoms with Crippen LogP contribution in [-0.2, 0) is 24.1 Å². The molecule has 0 unspecified atom stereocenters. The average Bonchev–Trinajstić information content (AvgIpc) is 2.30. The number of esters is 1. The van der Waals surface area contributed by atoms with E-state index in [1.807, 2.05) is 0 Å². The van der Waals surface area contributed by atoms with Crippen molar-refractivity contribution in [1.82, 2.24) is 4.72 Å². The summed E-state index contributed by atoms with van der Waals surface area (Å²) >= 11 is 0. The minimum atomic E-state index is -4.26. The van der Waals surface area contributed by atoms with Gasteiger partial charge in [-0.05, 0) is 12.1 Å². The highest BCUT2D eigenvalue weighted by Gasteiger charge is 2.24. The number of benzene rings is 1. The van der Waals surface area contributed by atoms with Crippen molar-refractivity contribution in [3.05, 3.63) is 30.3 Å². The first-order valence-electron chi connectivity index (χ1n) is 4.39. The lowest BCUT2D eigenvalue weighted by molar-refractivity contribution is -0.156. The number of rotatable bonds is 3. The van der Waals surface area contributed by atoms with E-state index in [9.17, 15) is 18.0 Å². The van der Waals surface area contributed by atoms with Crippen LogP contribution in [0, 0.1) is 0 Å². The number of carbonyl (C=O) groups excluding carboxylic acids is 2. The molecule has 0 aliphatic carbocycles. The van der Waals surface area contributed by atoms with E-state index in [-0.39, 0.29) is 5.75 Å². The van der Waals surface area contributed by atoms with E-state index >= 15 is 0 Å². The second kappa shape index (κ2) is 5.41. The van der Waals surface area contributed by atoms with E-state index < -0.39 is 22.2 Å². The van der Waals surface area contributed by atoms with Crippen LogP contribution in [0.3, 0.4) is 0 Å². The fourth-order valence-corrected chi connectivity index (χ4v) is 1.16. The number of hydrogen-bond acceptors (Lipinski definition) is 6. The van der Waals surface area contributed by atoms with Gasteiger partial charge in [-0.1, -0.05) is 18.2 Å². The van der Waals surface area contributed by atoms with Crippen LogP contribution >= 0.6 is 0 Å². The van der Waals surface area contributed by atoms with Gasteiger partial charge in [0.2, 0.25) is 0 Å². The molecule has 0 bridgehead atoms. The third kappa shape index (κ3) is 4.21. The first-order valence-corrected chi connectivity index (χ1v) is 5.79. The Morgan fingerprint density at radius 2 is 1.71 bits per heavy atom. The molecule has 0 saturated heterocycles. The topological polar surface area (TPSA) is 98.8 Å². The van der Waals surface area contributed by atoms with Gasteiger partial charge in [0.05, 0.1) is 0 Å². The van der Waals surface area contributed by atoms with Gasteiger partial charge in [-0.25, -0.2) is 9.59 Å². The Bertz CT molecular complexity index is 510. The molecule has 1 aromatic rings. The SMILES string of the molecule is CNS(=O)(=O)OC(=O)C(=O)Oc1ccccc1. The van der Waals surface area contributed by atoms with Crippen molar-refractivity contribution in [3.8, 4) is 5.75 Å². The fraction of sp³-hybridized carbons (Fsp3) is 0.111. The maximum Gasteiger partial charge on any atom is 0.434 e. The summed E-state index contributed by atoms with van der Waals surface area (Å²) in [5.74, 6) is -2.94. The van der Waals surface area contributed by atoms with Gasteiger partial charge in [-0.2, -0.15) is 13.1 Å². The normalized spacial score (nSPS) is 10.6. The number of nitrogens with one attached hydrogen (secondary N) is 1. The molecule has 0 amide bonds. The Labute approximate surface area is 97.6 Å². The summed E-state index contributed by atoms with van der Waals surface area (Å²) in [7, 11) is -3.22. The first kappa shape index (κ1) is 13.1. The van der Waals surface area contributed by atoms with Crippen LogP contribution in [0.5, 0.6) is 5.75 Å². The largest absolute Gasteiger partial charge is 0.434 e. The number of carbonyl (C=O) groups is 2. The van der Waals surface area contributed by atoms with Crippen LogP contribution in [0.2, 0.25) is 0 Å². The Morgan fingerprint density at radius 3 is 2.24 bits per heavy atom. The molecule has 0 aromatic heterocycles. The van der Waals surface area contributed by atoms with Gasteiger partial charge in [0, 0.05) is 7.05 Å². The predicted molar refractivity (Wildman–Crippen MR) is 56.1 cm³/mol. The predicted octanol–water partition coefficient (Wildman–Crippen LogP) is -0.401. The second-order valence-corrected chi connectivity index (χ2v) is 4.21. The molecule has 8 heteroatoms. The van der Waals surface area contributed by atoms with Crippen LogP contribution in [0.4, 0.5) is 0 Å². The first-order chi connectivity index (χ1) is 7.94. The Balaban J connectivity index is 2.63. The van der Waals surface area contributed by atoms with Gasteiger partial charge >= 0.3 is 22.2 Å². The molecule has 0 radical (unpaired) electrons. The van der Waals surface area contributed by atoms with E-state index in [0.717, 1.165) is 7.05 Å². The standard InChI is InChI=1S/C9H9NO6S/c1-10-17(13,14)16-9(12)8(11)15-7-5-3-2-4-6-7/h2-6,10H,1H3. The number of para-hydroxylation sites is 1. The third-order valence-corrected chi connectivity index (χ3v) is 2.43. The molecule has 0 fully saturated rings. The van der Waals surface area contributed by atoms with Crippen LogP contribution < -0.4 is 9.46 Å². The molecule has 92 valence electrons. The van der Waals surface area contributed by atoms with Gasteiger partial charge in [-0.15, -0.1) is 0 Å². The molecule has 0 saturated carbocycles. The molecule has 0 heterocycles. The summed E-state index contributed by atoms with van der Waals surface area (Å²) in [6.45, 7) is 0. The van der Waals surface area contributed by atoms with Crippen molar-refractivity contribution >= 4 is 22.2 Å². The average molecular weight is 259 g/mol. The minimum Gasteiger partial charge on any atom is -0.418 e. The zero-order valence-corrected chi connectivity index (χ0v) is 9.56. The molecule has 1 N–H and O–H groups in total. The third-order valence-electron chi connectivity index (χ3n) is 1.56. The zero-order valence-electron chi connectivity index (χ0n) is 8.74.